The Bertz CT molecular complexity index is 405. The van der Waals surface area contributed by atoms with Crippen LogP contribution in [0.25, 0.3) is 0 Å². The van der Waals surface area contributed by atoms with Crippen LogP contribution in [0, 0.1) is 6.92 Å². The zero-order valence-electron chi connectivity index (χ0n) is 11.5. The molecule has 0 aromatic heterocycles. The van der Waals surface area contributed by atoms with Crippen LogP contribution < -0.4 is 5.32 Å². The number of aryl methyl sites for hydroxylation is 1. The summed E-state index contributed by atoms with van der Waals surface area (Å²) in [6.45, 7) is 6.09. The van der Waals surface area contributed by atoms with Crippen LogP contribution >= 0.6 is 15.9 Å². The normalized spacial score (nSPS) is 19.3. The summed E-state index contributed by atoms with van der Waals surface area (Å²) in [7, 11) is 0. The van der Waals surface area contributed by atoms with Crippen molar-refractivity contribution < 1.29 is 5.11 Å². The maximum Gasteiger partial charge on any atom is 0.0558 e. The Morgan fingerprint density at radius 2 is 2.32 bits per heavy atom. The van der Waals surface area contributed by atoms with Crippen molar-refractivity contribution in [1.29, 1.82) is 0 Å². The summed E-state index contributed by atoms with van der Waals surface area (Å²) >= 11 is 3.63. The molecule has 1 saturated heterocycles. The molecule has 4 heteroatoms. The third-order valence-corrected chi connectivity index (χ3v) is 4.40. The second-order valence-electron chi connectivity index (χ2n) is 5.35. The third-order valence-electron chi connectivity index (χ3n) is 3.66. The highest BCUT2D eigenvalue weighted by molar-refractivity contribution is 9.10. The van der Waals surface area contributed by atoms with Crippen molar-refractivity contribution in [3.8, 4) is 0 Å². The van der Waals surface area contributed by atoms with E-state index >= 15 is 0 Å². The zero-order chi connectivity index (χ0) is 13.7. The topological polar surface area (TPSA) is 35.5 Å². The van der Waals surface area contributed by atoms with Crippen LogP contribution in [0.4, 0.5) is 0 Å². The van der Waals surface area contributed by atoms with E-state index in [1.807, 2.05) is 0 Å². The minimum Gasteiger partial charge on any atom is -0.395 e. The van der Waals surface area contributed by atoms with Crippen LogP contribution in [0.1, 0.15) is 24.0 Å². The fourth-order valence-corrected chi connectivity index (χ4v) is 3.24. The monoisotopic (exact) mass is 326 g/mol. The molecule has 1 aromatic rings. The predicted octanol–water partition coefficient (Wildman–Crippen LogP) is 2.30. The molecule has 1 aromatic carbocycles. The molecule has 1 aliphatic heterocycles. The molecular weight excluding hydrogens is 304 g/mol. The summed E-state index contributed by atoms with van der Waals surface area (Å²) in [5.41, 5.74) is 2.55. The van der Waals surface area contributed by atoms with Crippen LogP contribution in [0.5, 0.6) is 0 Å². The molecule has 0 aliphatic carbocycles. The Labute approximate surface area is 124 Å². The summed E-state index contributed by atoms with van der Waals surface area (Å²) in [6.07, 6.45) is 2.52. The number of aliphatic hydroxyl groups is 1. The van der Waals surface area contributed by atoms with Gasteiger partial charge in [-0.05, 0) is 43.5 Å². The van der Waals surface area contributed by atoms with Crippen molar-refractivity contribution >= 4 is 15.9 Å². The number of rotatable bonds is 6. The maximum absolute atomic E-state index is 9.23. The lowest BCUT2D eigenvalue weighted by molar-refractivity contribution is 0.179. The molecule has 19 heavy (non-hydrogen) atoms. The highest BCUT2D eigenvalue weighted by Gasteiger charge is 2.18. The van der Waals surface area contributed by atoms with Crippen LogP contribution in [-0.4, -0.2) is 42.3 Å². The molecule has 0 amide bonds. The average molecular weight is 327 g/mol. The molecule has 3 nitrogen and oxygen atoms in total. The van der Waals surface area contributed by atoms with Gasteiger partial charge in [-0.3, -0.25) is 4.90 Å². The van der Waals surface area contributed by atoms with Gasteiger partial charge in [-0.25, -0.2) is 0 Å². The van der Waals surface area contributed by atoms with E-state index in [2.05, 4.69) is 51.3 Å². The van der Waals surface area contributed by atoms with Crippen LogP contribution in [0.15, 0.2) is 22.7 Å². The van der Waals surface area contributed by atoms with E-state index in [1.165, 1.54) is 24.0 Å². The number of benzene rings is 1. The van der Waals surface area contributed by atoms with E-state index in [-0.39, 0.29) is 6.61 Å². The fourth-order valence-electron chi connectivity index (χ4n) is 2.62. The summed E-state index contributed by atoms with van der Waals surface area (Å²) in [5.74, 6) is 0. The minimum absolute atomic E-state index is 0.218. The Morgan fingerprint density at radius 1 is 1.47 bits per heavy atom. The Balaban J connectivity index is 1.98. The third kappa shape index (κ3) is 4.56. The number of hydrogen-bond donors (Lipinski definition) is 2. The molecule has 1 heterocycles. The summed E-state index contributed by atoms with van der Waals surface area (Å²) in [5, 5.41) is 12.7. The Hall–Kier alpha value is -0.420. The van der Waals surface area contributed by atoms with Gasteiger partial charge in [-0.15, -0.1) is 0 Å². The molecule has 1 atom stereocenters. The van der Waals surface area contributed by atoms with Gasteiger partial charge >= 0.3 is 0 Å². The number of aliphatic hydroxyl groups excluding tert-OH is 1. The summed E-state index contributed by atoms with van der Waals surface area (Å²) in [6, 6.07) is 7.05. The lowest BCUT2D eigenvalue weighted by Gasteiger charge is -2.25. The van der Waals surface area contributed by atoms with Crippen molar-refractivity contribution in [1.82, 2.24) is 10.2 Å². The van der Waals surface area contributed by atoms with Crippen molar-refractivity contribution in [2.24, 2.45) is 0 Å². The van der Waals surface area contributed by atoms with E-state index in [4.69, 9.17) is 0 Å². The van der Waals surface area contributed by atoms with Crippen LogP contribution in [-0.2, 0) is 6.54 Å². The highest BCUT2D eigenvalue weighted by Crippen LogP contribution is 2.20. The average Bonchev–Trinajstić information content (AvgIpc) is 2.86. The molecule has 2 rings (SSSR count). The number of hydrogen-bond acceptors (Lipinski definition) is 3. The molecule has 106 valence electrons. The second kappa shape index (κ2) is 7.39. The first-order valence-electron chi connectivity index (χ1n) is 7.00. The van der Waals surface area contributed by atoms with E-state index in [0.29, 0.717) is 6.04 Å². The molecule has 1 unspecified atom stereocenters. The molecule has 2 N–H and O–H groups in total. The van der Waals surface area contributed by atoms with Gasteiger partial charge < -0.3 is 10.4 Å². The van der Waals surface area contributed by atoms with E-state index in [1.54, 1.807) is 0 Å². The largest absolute Gasteiger partial charge is 0.395 e. The smallest absolute Gasteiger partial charge is 0.0558 e. The van der Waals surface area contributed by atoms with Gasteiger partial charge in [0.15, 0.2) is 0 Å². The number of halogens is 1. The SMILES string of the molecule is Cc1ccc(CN(CCO)CC2CCCN2)c(Br)c1. The Kier molecular flexibility index (Phi) is 5.82. The van der Waals surface area contributed by atoms with Crippen LogP contribution in [0.2, 0.25) is 0 Å². The van der Waals surface area contributed by atoms with Crippen molar-refractivity contribution in [3.63, 3.8) is 0 Å². The number of nitrogens with zero attached hydrogens (tertiary/aromatic N) is 1. The van der Waals surface area contributed by atoms with Gasteiger partial charge in [0, 0.05) is 30.1 Å². The first-order chi connectivity index (χ1) is 9.19. The molecule has 0 saturated carbocycles. The molecule has 1 aliphatic rings. The lowest BCUT2D eigenvalue weighted by atomic mass is 10.1. The standard InChI is InChI=1S/C15H23BrN2O/c1-12-4-5-13(15(16)9-12)10-18(7-8-19)11-14-3-2-6-17-14/h4-5,9,14,17,19H,2-3,6-8,10-11H2,1H3. The first kappa shape index (κ1) is 15.0. The minimum atomic E-state index is 0.218. The molecule has 0 bridgehead atoms. The lowest BCUT2D eigenvalue weighted by Crippen LogP contribution is -2.38. The van der Waals surface area contributed by atoms with Crippen molar-refractivity contribution in [2.45, 2.75) is 32.4 Å². The van der Waals surface area contributed by atoms with Gasteiger partial charge in [0.25, 0.3) is 0 Å². The van der Waals surface area contributed by atoms with Gasteiger partial charge in [0.05, 0.1) is 6.61 Å². The molecule has 0 radical (unpaired) electrons. The van der Waals surface area contributed by atoms with Gasteiger partial charge in [-0.1, -0.05) is 28.1 Å². The van der Waals surface area contributed by atoms with E-state index in [0.717, 1.165) is 30.7 Å². The quantitative estimate of drug-likeness (QED) is 0.842. The van der Waals surface area contributed by atoms with Gasteiger partial charge in [0.2, 0.25) is 0 Å². The van der Waals surface area contributed by atoms with Crippen molar-refractivity contribution in [2.75, 3.05) is 26.2 Å². The van der Waals surface area contributed by atoms with E-state index < -0.39 is 0 Å². The highest BCUT2D eigenvalue weighted by atomic mass is 79.9. The van der Waals surface area contributed by atoms with Crippen LogP contribution in [0.3, 0.4) is 0 Å². The first-order valence-corrected chi connectivity index (χ1v) is 7.80. The van der Waals surface area contributed by atoms with Gasteiger partial charge in [0.1, 0.15) is 0 Å². The predicted molar refractivity (Wildman–Crippen MR) is 82.3 cm³/mol. The zero-order valence-corrected chi connectivity index (χ0v) is 13.1. The Morgan fingerprint density at radius 3 is 2.95 bits per heavy atom. The van der Waals surface area contributed by atoms with Crippen molar-refractivity contribution in [3.05, 3.63) is 33.8 Å². The van der Waals surface area contributed by atoms with Gasteiger partial charge in [-0.2, -0.15) is 0 Å². The fraction of sp³-hybridized carbons (Fsp3) is 0.600. The summed E-state index contributed by atoms with van der Waals surface area (Å²) < 4.78 is 1.16. The number of nitrogens with one attached hydrogen (secondary N) is 1. The second-order valence-corrected chi connectivity index (χ2v) is 6.20. The summed E-state index contributed by atoms with van der Waals surface area (Å²) in [4.78, 5) is 2.33. The molecular formula is C15H23BrN2O. The maximum atomic E-state index is 9.23. The molecule has 0 spiro atoms. The van der Waals surface area contributed by atoms with E-state index in [9.17, 15) is 5.11 Å². The molecule has 1 fully saturated rings.